The molecule has 3 fully saturated rings. The van der Waals surface area contributed by atoms with Crippen molar-refractivity contribution in [3.8, 4) is 0 Å². The van der Waals surface area contributed by atoms with Crippen molar-refractivity contribution in [2.75, 3.05) is 19.6 Å². The van der Waals surface area contributed by atoms with E-state index in [0.717, 1.165) is 11.8 Å². The van der Waals surface area contributed by atoms with Crippen molar-refractivity contribution in [1.82, 2.24) is 4.90 Å². The molecule has 2 bridgehead atoms. The van der Waals surface area contributed by atoms with Crippen LogP contribution in [0.15, 0.2) is 0 Å². The zero-order valence-electron chi connectivity index (χ0n) is 6.59. The Kier molecular flexibility index (Phi) is 1.46. The molecule has 0 unspecified atom stereocenters. The topological polar surface area (TPSA) is 29.3 Å². The van der Waals surface area contributed by atoms with Crippen molar-refractivity contribution in [2.45, 2.75) is 19.4 Å². The Morgan fingerprint density at radius 3 is 2.40 bits per heavy atom. The molecular weight excluding hydrogens is 124 g/mol. The molecule has 0 spiro atoms. The molecule has 2 aliphatic heterocycles. The molecule has 2 atom stereocenters. The standard InChI is InChI=1S/C8H16N2/c1-2-10-4-6-3-7(5-10)8(6)9/h6-8H,2-5,9H2,1H3/t6-,7-/m0/s1. The Balaban J connectivity index is 1.93. The maximum Gasteiger partial charge on any atom is 0.0120 e. The van der Waals surface area contributed by atoms with Gasteiger partial charge in [-0.3, -0.25) is 0 Å². The van der Waals surface area contributed by atoms with Crippen LogP contribution in [0.2, 0.25) is 0 Å². The summed E-state index contributed by atoms with van der Waals surface area (Å²) in [6.45, 7) is 5.96. The van der Waals surface area contributed by atoms with Crippen molar-refractivity contribution in [2.24, 2.45) is 17.6 Å². The van der Waals surface area contributed by atoms with Gasteiger partial charge >= 0.3 is 0 Å². The molecule has 3 rings (SSSR count). The van der Waals surface area contributed by atoms with Gasteiger partial charge in [-0.05, 0) is 24.8 Å². The molecule has 58 valence electrons. The first-order valence-electron chi connectivity index (χ1n) is 4.29. The molecule has 1 saturated carbocycles. The van der Waals surface area contributed by atoms with Crippen LogP contribution in [0.5, 0.6) is 0 Å². The number of piperidine rings is 2. The smallest absolute Gasteiger partial charge is 0.0120 e. The summed E-state index contributed by atoms with van der Waals surface area (Å²) in [7, 11) is 0. The van der Waals surface area contributed by atoms with Gasteiger partial charge in [0.25, 0.3) is 0 Å². The van der Waals surface area contributed by atoms with Gasteiger partial charge in [0.2, 0.25) is 0 Å². The summed E-state index contributed by atoms with van der Waals surface area (Å²) in [4.78, 5) is 2.52. The van der Waals surface area contributed by atoms with E-state index in [0.29, 0.717) is 6.04 Å². The van der Waals surface area contributed by atoms with Crippen LogP contribution in [0, 0.1) is 11.8 Å². The van der Waals surface area contributed by atoms with E-state index in [4.69, 9.17) is 5.73 Å². The molecule has 2 heteroatoms. The molecule has 2 heterocycles. The summed E-state index contributed by atoms with van der Waals surface area (Å²) >= 11 is 0. The molecule has 2 nitrogen and oxygen atoms in total. The fourth-order valence-electron chi connectivity index (χ4n) is 2.28. The lowest BCUT2D eigenvalue weighted by Crippen LogP contribution is -2.61. The monoisotopic (exact) mass is 140 g/mol. The molecule has 0 aromatic heterocycles. The predicted octanol–water partition coefficient (Wildman–Crippen LogP) is 0.285. The highest BCUT2D eigenvalue weighted by atomic mass is 15.2. The summed E-state index contributed by atoms with van der Waals surface area (Å²) < 4.78 is 0. The maximum atomic E-state index is 5.92. The summed E-state index contributed by atoms with van der Waals surface area (Å²) in [5, 5.41) is 0. The molecule has 2 N–H and O–H groups in total. The summed E-state index contributed by atoms with van der Waals surface area (Å²) in [5.41, 5.74) is 5.92. The number of nitrogens with zero attached hydrogens (tertiary/aromatic N) is 1. The van der Waals surface area contributed by atoms with E-state index in [-0.39, 0.29) is 0 Å². The predicted molar refractivity (Wildman–Crippen MR) is 41.7 cm³/mol. The average Bonchev–Trinajstić information content (AvgIpc) is 2.04. The largest absolute Gasteiger partial charge is 0.327 e. The number of rotatable bonds is 1. The lowest BCUT2D eigenvalue weighted by Gasteiger charge is -2.52. The Bertz CT molecular complexity index is 123. The molecule has 1 aliphatic carbocycles. The van der Waals surface area contributed by atoms with Gasteiger partial charge in [0, 0.05) is 19.1 Å². The fourth-order valence-corrected chi connectivity index (χ4v) is 2.28. The first kappa shape index (κ1) is 6.62. The van der Waals surface area contributed by atoms with Crippen LogP contribution in [0.25, 0.3) is 0 Å². The van der Waals surface area contributed by atoms with E-state index in [9.17, 15) is 0 Å². The van der Waals surface area contributed by atoms with Crippen LogP contribution >= 0.6 is 0 Å². The molecule has 10 heavy (non-hydrogen) atoms. The lowest BCUT2D eigenvalue weighted by molar-refractivity contribution is 0.00579. The van der Waals surface area contributed by atoms with Gasteiger partial charge < -0.3 is 10.6 Å². The van der Waals surface area contributed by atoms with Crippen molar-refractivity contribution < 1.29 is 0 Å². The van der Waals surface area contributed by atoms with Crippen LogP contribution in [0.3, 0.4) is 0 Å². The van der Waals surface area contributed by atoms with Crippen LogP contribution in [0.4, 0.5) is 0 Å². The van der Waals surface area contributed by atoms with Crippen LogP contribution in [0.1, 0.15) is 13.3 Å². The maximum absolute atomic E-state index is 5.92. The molecule has 0 aromatic rings. The van der Waals surface area contributed by atoms with Gasteiger partial charge in [-0.2, -0.15) is 0 Å². The molecule has 0 aromatic carbocycles. The Labute approximate surface area is 62.4 Å². The Morgan fingerprint density at radius 1 is 1.40 bits per heavy atom. The van der Waals surface area contributed by atoms with Gasteiger partial charge in [0.15, 0.2) is 0 Å². The fraction of sp³-hybridized carbons (Fsp3) is 1.00. The van der Waals surface area contributed by atoms with E-state index in [2.05, 4.69) is 11.8 Å². The highest BCUT2D eigenvalue weighted by Gasteiger charge is 2.43. The van der Waals surface area contributed by atoms with E-state index in [1.54, 1.807) is 0 Å². The summed E-state index contributed by atoms with van der Waals surface area (Å²) in [6, 6.07) is 0.544. The third-order valence-electron chi connectivity index (χ3n) is 3.13. The third-order valence-corrected chi connectivity index (χ3v) is 3.13. The van der Waals surface area contributed by atoms with Crippen molar-refractivity contribution in [3.63, 3.8) is 0 Å². The van der Waals surface area contributed by atoms with Crippen molar-refractivity contribution in [3.05, 3.63) is 0 Å². The lowest BCUT2D eigenvalue weighted by atomic mass is 9.67. The third kappa shape index (κ3) is 0.789. The molecule has 0 radical (unpaired) electrons. The van der Waals surface area contributed by atoms with Gasteiger partial charge in [-0.25, -0.2) is 0 Å². The van der Waals surface area contributed by atoms with Gasteiger partial charge in [0.05, 0.1) is 0 Å². The average molecular weight is 140 g/mol. The van der Waals surface area contributed by atoms with E-state index < -0.39 is 0 Å². The second kappa shape index (κ2) is 2.21. The van der Waals surface area contributed by atoms with Gasteiger partial charge in [-0.15, -0.1) is 0 Å². The minimum absolute atomic E-state index is 0.544. The van der Waals surface area contributed by atoms with E-state index in [1.165, 1.54) is 26.1 Å². The molecule has 3 aliphatic rings. The minimum atomic E-state index is 0.544. The summed E-state index contributed by atoms with van der Waals surface area (Å²) in [6.07, 6.45) is 1.40. The highest BCUT2D eigenvalue weighted by Crippen LogP contribution is 2.38. The Morgan fingerprint density at radius 2 is 2.00 bits per heavy atom. The first-order chi connectivity index (χ1) is 4.81. The quantitative estimate of drug-likeness (QED) is 0.567. The number of hydrogen-bond donors (Lipinski definition) is 1. The number of hydrogen-bond acceptors (Lipinski definition) is 2. The van der Waals surface area contributed by atoms with E-state index in [1.807, 2.05) is 0 Å². The van der Waals surface area contributed by atoms with Gasteiger partial charge in [-0.1, -0.05) is 6.92 Å². The minimum Gasteiger partial charge on any atom is -0.327 e. The first-order valence-corrected chi connectivity index (χ1v) is 4.29. The Hall–Kier alpha value is -0.0800. The normalized spacial score (nSPS) is 46.8. The second-order valence-electron chi connectivity index (χ2n) is 3.69. The summed E-state index contributed by atoms with van der Waals surface area (Å²) in [5.74, 6) is 1.66. The zero-order valence-corrected chi connectivity index (χ0v) is 6.59. The van der Waals surface area contributed by atoms with Crippen molar-refractivity contribution in [1.29, 1.82) is 0 Å². The van der Waals surface area contributed by atoms with Gasteiger partial charge in [0.1, 0.15) is 0 Å². The SMILES string of the molecule is CCN1C[C@@H]2C[C@@H](C1)C2N. The van der Waals surface area contributed by atoms with E-state index >= 15 is 0 Å². The van der Waals surface area contributed by atoms with Crippen LogP contribution < -0.4 is 5.73 Å². The van der Waals surface area contributed by atoms with Crippen molar-refractivity contribution >= 4 is 0 Å². The highest BCUT2D eigenvalue weighted by molar-refractivity contribution is 4.99. The second-order valence-corrected chi connectivity index (χ2v) is 3.69. The zero-order chi connectivity index (χ0) is 7.14. The number of fused-ring (bicyclic) bond motifs is 2. The molecular formula is C8H16N2. The number of nitrogens with two attached hydrogens (primary N) is 1. The van der Waals surface area contributed by atoms with Crippen LogP contribution in [-0.4, -0.2) is 30.6 Å². The molecule has 0 amide bonds. The molecule has 2 saturated heterocycles. The van der Waals surface area contributed by atoms with Crippen LogP contribution in [-0.2, 0) is 0 Å².